The van der Waals surface area contributed by atoms with Crippen molar-refractivity contribution in [1.82, 2.24) is 15.0 Å². The number of allylic oxidation sites excluding steroid dienone is 2. The highest BCUT2D eigenvalue weighted by Gasteiger charge is 2.24. The van der Waals surface area contributed by atoms with Crippen LogP contribution in [0.4, 0.5) is 0 Å². The molecule has 0 saturated carbocycles. The van der Waals surface area contributed by atoms with Gasteiger partial charge in [0.05, 0.1) is 0 Å². The molecule has 0 aliphatic heterocycles. The summed E-state index contributed by atoms with van der Waals surface area (Å²) in [7, 11) is 0. The van der Waals surface area contributed by atoms with Crippen molar-refractivity contribution in [3.05, 3.63) is 174 Å². The number of rotatable bonds is 4. The van der Waals surface area contributed by atoms with Gasteiger partial charge in [0.1, 0.15) is 11.2 Å². The first-order valence-electron chi connectivity index (χ1n) is 19.9. The van der Waals surface area contributed by atoms with E-state index in [0.29, 0.717) is 17.5 Å². The van der Waals surface area contributed by atoms with Gasteiger partial charge in [-0.25, -0.2) is 15.0 Å². The van der Waals surface area contributed by atoms with Crippen LogP contribution in [0.25, 0.3) is 112 Å². The van der Waals surface area contributed by atoms with Gasteiger partial charge in [-0.1, -0.05) is 127 Å². The van der Waals surface area contributed by atoms with E-state index >= 15 is 0 Å². The van der Waals surface area contributed by atoms with Crippen molar-refractivity contribution in [2.45, 2.75) is 25.7 Å². The SMILES string of the molecule is C1=Cc2c(c(-c3nc(-c4cc5c(c6ccccc46)CCC=C5)nc(-c4cc(-c5ccc6ccccc6c5)cc5oc6ccccc6c45)n3)cc3ccccc23)CC1. The number of hydrogen-bond donors (Lipinski definition) is 0. The van der Waals surface area contributed by atoms with E-state index in [1.54, 1.807) is 0 Å². The van der Waals surface area contributed by atoms with E-state index in [4.69, 9.17) is 19.4 Å². The quantitative estimate of drug-likeness (QED) is 0.181. The largest absolute Gasteiger partial charge is 0.456 e. The molecule has 0 bridgehead atoms. The molecule has 268 valence electrons. The zero-order chi connectivity index (χ0) is 37.5. The summed E-state index contributed by atoms with van der Waals surface area (Å²) in [5.41, 5.74) is 11.9. The van der Waals surface area contributed by atoms with Crippen LogP contribution in [0, 0.1) is 0 Å². The number of aryl methyl sites for hydroxylation is 1. The van der Waals surface area contributed by atoms with E-state index in [1.165, 1.54) is 49.2 Å². The predicted molar refractivity (Wildman–Crippen MR) is 236 cm³/mol. The summed E-state index contributed by atoms with van der Waals surface area (Å²) in [6.45, 7) is 0. The number of aromatic nitrogens is 3. The maximum absolute atomic E-state index is 6.65. The molecule has 10 aromatic rings. The minimum Gasteiger partial charge on any atom is -0.456 e. The van der Waals surface area contributed by atoms with Crippen LogP contribution in [-0.2, 0) is 12.8 Å². The lowest BCUT2D eigenvalue weighted by molar-refractivity contribution is 0.669. The molecular formula is C53H35N3O. The minimum atomic E-state index is 0.625. The molecule has 2 aromatic heterocycles. The average molecular weight is 730 g/mol. The Labute approximate surface area is 329 Å². The van der Waals surface area contributed by atoms with E-state index in [9.17, 15) is 0 Å². The van der Waals surface area contributed by atoms with Crippen LogP contribution in [0.15, 0.2) is 156 Å². The summed E-state index contributed by atoms with van der Waals surface area (Å²) in [6.07, 6.45) is 13.1. The number of hydrogen-bond acceptors (Lipinski definition) is 4. The van der Waals surface area contributed by atoms with Crippen molar-refractivity contribution >= 4 is 66.4 Å². The van der Waals surface area contributed by atoms with Crippen molar-refractivity contribution in [3.8, 4) is 45.3 Å². The normalized spacial score (nSPS) is 13.5. The highest BCUT2D eigenvalue weighted by molar-refractivity contribution is 6.13. The van der Waals surface area contributed by atoms with Gasteiger partial charge >= 0.3 is 0 Å². The average Bonchev–Trinajstić information content (AvgIpc) is 3.66. The zero-order valence-electron chi connectivity index (χ0n) is 31.2. The van der Waals surface area contributed by atoms with Crippen LogP contribution in [-0.4, -0.2) is 15.0 Å². The van der Waals surface area contributed by atoms with Crippen LogP contribution in [0.5, 0.6) is 0 Å². The Morgan fingerprint density at radius 2 is 1.09 bits per heavy atom. The predicted octanol–water partition coefficient (Wildman–Crippen LogP) is 13.8. The third-order valence-electron chi connectivity index (χ3n) is 12.0. The van der Waals surface area contributed by atoms with Gasteiger partial charge < -0.3 is 4.42 Å². The molecule has 0 amide bonds. The molecule has 8 aromatic carbocycles. The third-order valence-corrected chi connectivity index (χ3v) is 12.0. The molecule has 0 fully saturated rings. The summed E-state index contributed by atoms with van der Waals surface area (Å²) < 4.78 is 6.65. The van der Waals surface area contributed by atoms with E-state index in [1.807, 2.05) is 12.1 Å². The summed E-state index contributed by atoms with van der Waals surface area (Å²) in [5, 5.41) is 9.27. The molecule has 2 aliphatic carbocycles. The molecule has 12 rings (SSSR count). The lowest BCUT2D eigenvalue weighted by Crippen LogP contribution is -2.06. The Hall–Kier alpha value is -7.17. The van der Waals surface area contributed by atoms with Crippen LogP contribution >= 0.6 is 0 Å². The summed E-state index contributed by atoms with van der Waals surface area (Å²) >= 11 is 0. The monoisotopic (exact) mass is 729 g/mol. The van der Waals surface area contributed by atoms with Crippen molar-refractivity contribution in [1.29, 1.82) is 0 Å². The van der Waals surface area contributed by atoms with Gasteiger partial charge in [-0.15, -0.1) is 0 Å². The van der Waals surface area contributed by atoms with Crippen molar-refractivity contribution < 1.29 is 4.42 Å². The molecule has 0 spiro atoms. The van der Waals surface area contributed by atoms with Gasteiger partial charge in [-0.3, -0.25) is 0 Å². The third kappa shape index (κ3) is 5.18. The molecule has 0 atom stereocenters. The van der Waals surface area contributed by atoms with Crippen LogP contribution in [0.2, 0.25) is 0 Å². The first-order valence-corrected chi connectivity index (χ1v) is 19.9. The lowest BCUT2D eigenvalue weighted by Gasteiger charge is -2.20. The van der Waals surface area contributed by atoms with Gasteiger partial charge in [0.2, 0.25) is 0 Å². The van der Waals surface area contributed by atoms with Crippen LogP contribution in [0.3, 0.4) is 0 Å². The van der Waals surface area contributed by atoms with E-state index in [2.05, 4.69) is 152 Å². The standard InChI is InChI=1S/C53H35N3O/c1-2-14-33-27-34(26-25-32(33)13-1)37-30-47(50-44-23-11-12-24-48(44)57-49(50)31-37)53-55-51(45-28-35-15-3-5-17-38(35)40-19-7-9-21-42(40)45)54-52(56-53)46-29-36-16-4-6-18-39(36)41-20-8-10-22-43(41)46/h1-5,7-8,10-17,19-20,22-31H,6,9,18,21H2. The van der Waals surface area contributed by atoms with Crippen LogP contribution < -0.4 is 0 Å². The first kappa shape index (κ1) is 32.1. The van der Waals surface area contributed by atoms with E-state index in [-0.39, 0.29) is 0 Å². The van der Waals surface area contributed by atoms with Crippen molar-refractivity contribution in [2.24, 2.45) is 0 Å². The molecule has 2 heterocycles. The number of nitrogens with zero attached hydrogens (tertiary/aromatic N) is 3. The lowest BCUT2D eigenvalue weighted by atomic mass is 9.87. The minimum absolute atomic E-state index is 0.625. The number of para-hydroxylation sites is 1. The maximum atomic E-state index is 6.65. The molecule has 4 nitrogen and oxygen atoms in total. The fourth-order valence-corrected chi connectivity index (χ4v) is 9.32. The molecular weight excluding hydrogens is 695 g/mol. The molecule has 0 unspecified atom stereocenters. The molecule has 0 saturated heterocycles. The van der Waals surface area contributed by atoms with Gasteiger partial charge in [-0.05, 0) is 128 Å². The fourth-order valence-electron chi connectivity index (χ4n) is 9.32. The number of fused-ring (bicyclic) bond motifs is 10. The van der Waals surface area contributed by atoms with E-state index in [0.717, 1.165) is 80.8 Å². The molecule has 2 aliphatic rings. The Kier molecular flexibility index (Phi) is 7.15. The second kappa shape index (κ2) is 12.7. The fraction of sp³-hybridized carbons (Fsp3) is 0.0755. The highest BCUT2D eigenvalue weighted by atomic mass is 16.3. The molecule has 4 heteroatoms. The number of benzene rings is 8. The van der Waals surface area contributed by atoms with Gasteiger partial charge in [0.15, 0.2) is 17.5 Å². The first-order chi connectivity index (χ1) is 28.2. The van der Waals surface area contributed by atoms with Gasteiger partial charge in [0.25, 0.3) is 0 Å². The molecule has 57 heavy (non-hydrogen) atoms. The topological polar surface area (TPSA) is 51.8 Å². The summed E-state index contributed by atoms with van der Waals surface area (Å²) in [6, 6.07) is 49.8. The van der Waals surface area contributed by atoms with Crippen molar-refractivity contribution in [3.63, 3.8) is 0 Å². The Balaban J connectivity index is 1.19. The Bertz CT molecular complexity index is 3370. The molecule has 0 N–H and O–H groups in total. The highest BCUT2D eigenvalue weighted by Crippen LogP contribution is 2.43. The second-order valence-corrected chi connectivity index (χ2v) is 15.3. The Morgan fingerprint density at radius 3 is 1.95 bits per heavy atom. The van der Waals surface area contributed by atoms with Gasteiger partial charge in [0, 0.05) is 27.5 Å². The molecule has 0 radical (unpaired) electrons. The van der Waals surface area contributed by atoms with Crippen molar-refractivity contribution in [2.75, 3.05) is 0 Å². The zero-order valence-corrected chi connectivity index (χ0v) is 31.2. The maximum Gasteiger partial charge on any atom is 0.164 e. The summed E-state index contributed by atoms with van der Waals surface area (Å²) in [5.74, 6) is 1.97. The number of furan rings is 1. The Morgan fingerprint density at radius 1 is 0.421 bits per heavy atom. The summed E-state index contributed by atoms with van der Waals surface area (Å²) in [4.78, 5) is 16.5. The van der Waals surface area contributed by atoms with Gasteiger partial charge in [-0.2, -0.15) is 0 Å². The van der Waals surface area contributed by atoms with Crippen LogP contribution in [0.1, 0.15) is 35.1 Å². The smallest absolute Gasteiger partial charge is 0.164 e. The van der Waals surface area contributed by atoms with E-state index < -0.39 is 0 Å². The second-order valence-electron chi connectivity index (χ2n) is 15.3.